The number of nitrogens with zero attached hydrogens (tertiary/aromatic N) is 1. The maximum absolute atomic E-state index is 12.9. The van der Waals surface area contributed by atoms with Crippen LogP contribution in [-0.2, 0) is 16.0 Å². The highest BCUT2D eigenvalue weighted by molar-refractivity contribution is 8.26. The van der Waals surface area contributed by atoms with Gasteiger partial charge in [-0.15, -0.1) is 0 Å². The summed E-state index contributed by atoms with van der Waals surface area (Å²) in [5, 5.41) is 2.88. The third-order valence-electron chi connectivity index (χ3n) is 5.56. The average Bonchev–Trinajstić information content (AvgIpc) is 3.12. The summed E-state index contributed by atoms with van der Waals surface area (Å²) in [5.41, 5.74) is 4.90. The number of thiocarbonyl (C=S) groups is 1. The molecule has 2 amide bonds. The van der Waals surface area contributed by atoms with Crippen molar-refractivity contribution in [3.63, 3.8) is 0 Å². The van der Waals surface area contributed by atoms with Gasteiger partial charge < -0.3 is 10.1 Å². The maximum atomic E-state index is 12.9. The van der Waals surface area contributed by atoms with Crippen molar-refractivity contribution in [3.8, 4) is 5.75 Å². The number of carbonyl (C=O) groups is 2. The van der Waals surface area contributed by atoms with Crippen LogP contribution in [0, 0.1) is 13.8 Å². The number of hydrogen-bond donors (Lipinski definition) is 1. The third kappa shape index (κ3) is 6.59. The molecule has 5 nitrogen and oxygen atoms in total. The minimum absolute atomic E-state index is 0.0700. The minimum Gasteiger partial charge on any atom is -0.484 e. The molecule has 0 aliphatic carbocycles. The van der Waals surface area contributed by atoms with Crippen molar-refractivity contribution >= 4 is 51.9 Å². The second kappa shape index (κ2) is 11.3. The molecule has 0 spiro atoms. The molecule has 0 aromatic heterocycles. The molecule has 35 heavy (non-hydrogen) atoms. The van der Waals surface area contributed by atoms with E-state index in [1.54, 1.807) is 17.0 Å². The molecule has 178 valence electrons. The molecular formula is C28H26N2O3S2. The molecule has 1 heterocycles. The monoisotopic (exact) mass is 502 g/mol. The van der Waals surface area contributed by atoms with Crippen LogP contribution in [0.1, 0.15) is 22.3 Å². The van der Waals surface area contributed by atoms with E-state index in [0.29, 0.717) is 21.5 Å². The Balaban J connectivity index is 1.31. The number of thioether (sulfide) groups is 1. The molecule has 0 unspecified atom stereocenters. The standard InChI is InChI=1S/C28H26N2O3S2/c1-19-8-9-20(2)24(16-19)29-26(31)18-33-23-12-10-22(11-13-23)17-25-27(32)30(28(34)35-25)15-14-21-6-4-3-5-7-21/h3-13,16-17H,14-15,18H2,1-2H3,(H,29,31)/b25-17-. The number of anilines is 1. The minimum atomic E-state index is -0.220. The molecule has 3 aromatic carbocycles. The number of amides is 2. The zero-order valence-electron chi connectivity index (χ0n) is 19.6. The first kappa shape index (κ1) is 24.7. The Kier molecular flexibility index (Phi) is 8.00. The van der Waals surface area contributed by atoms with Crippen molar-refractivity contribution in [3.05, 3.63) is 100.0 Å². The molecule has 1 aliphatic heterocycles. The number of benzene rings is 3. The first-order valence-electron chi connectivity index (χ1n) is 11.3. The van der Waals surface area contributed by atoms with Crippen LogP contribution in [-0.4, -0.2) is 34.2 Å². The number of aryl methyl sites for hydroxylation is 2. The van der Waals surface area contributed by atoms with Gasteiger partial charge in [0.05, 0.1) is 4.91 Å². The van der Waals surface area contributed by atoms with Crippen LogP contribution in [0.25, 0.3) is 6.08 Å². The second-order valence-corrected chi connectivity index (χ2v) is 9.97. The van der Waals surface area contributed by atoms with Gasteiger partial charge in [0.1, 0.15) is 10.1 Å². The molecule has 0 atom stereocenters. The molecule has 4 rings (SSSR count). The Morgan fingerprint density at radius 2 is 1.80 bits per heavy atom. The van der Waals surface area contributed by atoms with E-state index in [9.17, 15) is 9.59 Å². The largest absolute Gasteiger partial charge is 0.484 e. The highest BCUT2D eigenvalue weighted by Crippen LogP contribution is 2.33. The summed E-state index contributed by atoms with van der Waals surface area (Å²) < 4.78 is 6.21. The van der Waals surface area contributed by atoms with Gasteiger partial charge in [-0.2, -0.15) is 0 Å². The fourth-order valence-corrected chi connectivity index (χ4v) is 4.90. The lowest BCUT2D eigenvalue weighted by molar-refractivity contribution is -0.122. The van der Waals surface area contributed by atoms with Gasteiger partial charge in [0.25, 0.3) is 11.8 Å². The molecular weight excluding hydrogens is 476 g/mol. The Labute approximate surface area is 215 Å². The Hall–Kier alpha value is -3.42. The van der Waals surface area contributed by atoms with Crippen LogP contribution >= 0.6 is 24.0 Å². The molecule has 7 heteroatoms. The zero-order valence-corrected chi connectivity index (χ0v) is 21.2. The predicted molar refractivity (Wildman–Crippen MR) is 147 cm³/mol. The van der Waals surface area contributed by atoms with Crippen molar-refractivity contribution in [2.75, 3.05) is 18.5 Å². The van der Waals surface area contributed by atoms with Gasteiger partial charge in [-0.05, 0) is 66.8 Å². The average molecular weight is 503 g/mol. The topological polar surface area (TPSA) is 58.6 Å². The summed E-state index contributed by atoms with van der Waals surface area (Å²) in [6, 6.07) is 23.2. The van der Waals surface area contributed by atoms with Crippen LogP contribution in [0.15, 0.2) is 77.7 Å². The first-order valence-corrected chi connectivity index (χ1v) is 12.5. The first-order chi connectivity index (χ1) is 16.9. The molecule has 0 radical (unpaired) electrons. The normalized spacial score (nSPS) is 14.5. The van der Waals surface area contributed by atoms with E-state index >= 15 is 0 Å². The summed E-state index contributed by atoms with van der Waals surface area (Å²) in [4.78, 5) is 27.4. The smallest absolute Gasteiger partial charge is 0.266 e. The Bertz CT molecular complexity index is 1270. The van der Waals surface area contributed by atoms with Crippen LogP contribution in [0.4, 0.5) is 5.69 Å². The van der Waals surface area contributed by atoms with E-state index in [1.807, 2.05) is 80.6 Å². The lowest BCUT2D eigenvalue weighted by Crippen LogP contribution is -2.30. The molecule has 1 saturated heterocycles. The van der Waals surface area contributed by atoms with E-state index in [2.05, 4.69) is 5.32 Å². The van der Waals surface area contributed by atoms with Gasteiger partial charge in [0, 0.05) is 12.2 Å². The van der Waals surface area contributed by atoms with E-state index in [0.717, 1.165) is 28.8 Å². The molecule has 1 aliphatic rings. The zero-order chi connectivity index (χ0) is 24.8. The fraction of sp³-hybridized carbons (Fsp3) is 0.179. The second-order valence-electron chi connectivity index (χ2n) is 8.29. The van der Waals surface area contributed by atoms with Crippen LogP contribution in [0.3, 0.4) is 0 Å². The molecule has 1 N–H and O–H groups in total. The van der Waals surface area contributed by atoms with Gasteiger partial charge in [0.2, 0.25) is 0 Å². The van der Waals surface area contributed by atoms with Crippen LogP contribution in [0.5, 0.6) is 5.75 Å². The van der Waals surface area contributed by atoms with E-state index in [-0.39, 0.29) is 18.4 Å². The molecule has 3 aromatic rings. The Morgan fingerprint density at radius 1 is 1.06 bits per heavy atom. The van der Waals surface area contributed by atoms with Gasteiger partial charge >= 0.3 is 0 Å². The number of rotatable bonds is 8. The van der Waals surface area contributed by atoms with Gasteiger partial charge in [-0.1, -0.05) is 78.6 Å². The van der Waals surface area contributed by atoms with E-state index in [4.69, 9.17) is 17.0 Å². The van der Waals surface area contributed by atoms with Gasteiger partial charge in [-0.25, -0.2) is 0 Å². The summed E-state index contributed by atoms with van der Waals surface area (Å²) in [6.45, 7) is 4.40. The van der Waals surface area contributed by atoms with Crippen LogP contribution < -0.4 is 10.1 Å². The van der Waals surface area contributed by atoms with Crippen molar-refractivity contribution in [1.82, 2.24) is 4.90 Å². The van der Waals surface area contributed by atoms with Crippen molar-refractivity contribution in [2.24, 2.45) is 0 Å². The summed E-state index contributed by atoms with van der Waals surface area (Å²) in [6.07, 6.45) is 2.59. The molecule has 0 saturated carbocycles. The maximum Gasteiger partial charge on any atom is 0.266 e. The van der Waals surface area contributed by atoms with Crippen molar-refractivity contribution in [2.45, 2.75) is 20.3 Å². The number of nitrogens with one attached hydrogen (secondary N) is 1. The summed E-state index contributed by atoms with van der Waals surface area (Å²) in [7, 11) is 0. The van der Waals surface area contributed by atoms with Gasteiger partial charge in [-0.3, -0.25) is 14.5 Å². The highest BCUT2D eigenvalue weighted by Gasteiger charge is 2.31. The SMILES string of the molecule is Cc1ccc(C)c(NC(=O)COc2ccc(/C=C3\SC(=S)N(CCc4ccccc4)C3=O)cc2)c1. The quantitative estimate of drug-likeness (QED) is 0.313. The lowest BCUT2D eigenvalue weighted by atomic mass is 10.1. The third-order valence-corrected chi connectivity index (χ3v) is 6.93. The molecule has 1 fully saturated rings. The lowest BCUT2D eigenvalue weighted by Gasteiger charge is -2.14. The Morgan fingerprint density at radius 3 is 2.54 bits per heavy atom. The fourth-order valence-electron chi connectivity index (χ4n) is 3.60. The van der Waals surface area contributed by atoms with Crippen molar-refractivity contribution in [1.29, 1.82) is 0 Å². The van der Waals surface area contributed by atoms with Crippen LogP contribution in [0.2, 0.25) is 0 Å². The molecule has 0 bridgehead atoms. The summed E-state index contributed by atoms with van der Waals surface area (Å²) >= 11 is 6.75. The highest BCUT2D eigenvalue weighted by atomic mass is 32.2. The number of hydrogen-bond acceptors (Lipinski definition) is 5. The number of ether oxygens (including phenoxy) is 1. The number of carbonyl (C=O) groups excluding carboxylic acids is 2. The summed E-state index contributed by atoms with van der Waals surface area (Å²) in [5.74, 6) is 0.287. The van der Waals surface area contributed by atoms with E-state index < -0.39 is 0 Å². The predicted octanol–water partition coefficient (Wildman–Crippen LogP) is 5.76. The van der Waals surface area contributed by atoms with E-state index in [1.165, 1.54) is 17.3 Å². The van der Waals surface area contributed by atoms with Gasteiger partial charge in [0.15, 0.2) is 6.61 Å². The van der Waals surface area contributed by atoms with Crippen molar-refractivity contribution < 1.29 is 14.3 Å².